The van der Waals surface area contributed by atoms with Crippen molar-refractivity contribution in [1.29, 1.82) is 0 Å². The molecule has 0 aliphatic carbocycles. The van der Waals surface area contributed by atoms with E-state index >= 15 is 0 Å². The first-order valence-electron chi connectivity index (χ1n) is 12.7. The average Bonchev–Trinajstić information content (AvgIpc) is 2.87. The van der Waals surface area contributed by atoms with Crippen molar-refractivity contribution in [3.05, 3.63) is 77.4 Å². The van der Waals surface area contributed by atoms with E-state index in [1.807, 2.05) is 44.2 Å². The van der Waals surface area contributed by atoms with Crippen molar-refractivity contribution in [1.82, 2.24) is 4.90 Å². The first-order valence-corrected chi connectivity index (χ1v) is 12.7. The summed E-state index contributed by atoms with van der Waals surface area (Å²) in [6.45, 7) is 6.92. The Balaban J connectivity index is 1.44. The minimum atomic E-state index is -0.467. The normalized spacial score (nSPS) is 17.6. The lowest BCUT2D eigenvalue weighted by Crippen LogP contribution is -2.49. The van der Waals surface area contributed by atoms with Crippen LogP contribution in [0.1, 0.15) is 36.6 Å². The molecule has 2 aliphatic rings. The molecule has 1 atom stereocenters. The largest absolute Gasteiger partial charge is 0.508 e. The van der Waals surface area contributed by atoms with Crippen LogP contribution in [0.15, 0.2) is 60.7 Å². The second-order valence-electron chi connectivity index (χ2n) is 9.50. The second kappa shape index (κ2) is 10.7. The molecule has 2 aliphatic heterocycles. The number of rotatable bonds is 9. The topological polar surface area (TPSA) is 71.4 Å². The van der Waals surface area contributed by atoms with E-state index < -0.39 is 6.10 Å². The van der Waals surface area contributed by atoms with E-state index in [1.165, 1.54) is 0 Å². The van der Waals surface area contributed by atoms with Gasteiger partial charge in [0.1, 0.15) is 30.0 Å². The summed E-state index contributed by atoms with van der Waals surface area (Å²) in [4.78, 5) is 2.19. The number of fused-ring (bicyclic) bond motifs is 1. The summed E-state index contributed by atoms with van der Waals surface area (Å²) in [6.07, 6.45) is -0.467. The van der Waals surface area contributed by atoms with Crippen LogP contribution >= 0.6 is 0 Å². The van der Waals surface area contributed by atoms with Gasteiger partial charge >= 0.3 is 0 Å². The molecule has 0 saturated carbocycles. The number of halogens is 1. The van der Waals surface area contributed by atoms with E-state index in [2.05, 4.69) is 4.90 Å². The van der Waals surface area contributed by atoms with Crippen LogP contribution in [0.25, 0.3) is 11.1 Å². The second-order valence-corrected chi connectivity index (χ2v) is 9.50. The first kappa shape index (κ1) is 25.0. The van der Waals surface area contributed by atoms with E-state index in [0.29, 0.717) is 24.7 Å². The number of ether oxygens (including phenoxy) is 3. The van der Waals surface area contributed by atoms with Crippen LogP contribution in [-0.4, -0.2) is 54.6 Å². The van der Waals surface area contributed by atoms with Crippen LogP contribution in [-0.2, 0) is 0 Å². The number of phenolic OH excluding ortho intramolecular Hbond substituents is 2. The molecule has 1 saturated heterocycles. The van der Waals surface area contributed by atoms with Gasteiger partial charge in [-0.3, -0.25) is 9.29 Å². The summed E-state index contributed by atoms with van der Waals surface area (Å²) in [7, 11) is 0. The molecule has 2 N–H and O–H groups in total. The SMILES string of the molecule is CCOc1c(O)cccc1C1=C(C)c2cc(O)ccc2O[C@@H]1c1ccc(OCCN2CC(CF)C2)cc1. The molecule has 0 bridgehead atoms. The van der Waals surface area contributed by atoms with Crippen LogP contribution in [0.3, 0.4) is 0 Å². The number of benzene rings is 3. The molecule has 1 fully saturated rings. The highest BCUT2D eigenvalue weighted by atomic mass is 19.1. The summed E-state index contributed by atoms with van der Waals surface area (Å²) in [5, 5.41) is 20.7. The molecule has 0 unspecified atom stereocenters. The van der Waals surface area contributed by atoms with E-state index in [9.17, 15) is 14.6 Å². The maximum Gasteiger partial charge on any atom is 0.168 e. The third kappa shape index (κ3) is 5.09. The number of alkyl halides is 1. The molecule has 3 aromatic carbocycles. The number of nitrogens with zero attached hydrogens (tertiary/aromatic N) is 1. The fourth-order valence-corrected chi connectivity index (χ4v) is 5.04. The lowest BCUT2D eigenvalue weighted by Gasteiger charge is -2.37. The Labute approximate surface area is 216 Å². The zero-order chi connectivity index (χ0) is 25.9. The van der Waals surface area contributed by atoms with Crippen molar-refractivity contribution >= 4 is 11.1 Å². The van der Waals surface area contributed by atoms with Gasteiger partial charge in [-0.2, -0.15) is 0 Å². The van der Waals surface area contributed by atoms with Gasteiger partial charge in [0, 0.05) is 42.3 Å². The van der Waals surface area contributed by atoms with Gasteiger partial charge in [-0.25, -0.2) is 0 Å². The van der Waals surface area contributed by atoms with Gasteiger partial charge in [0.2, 0.25) is 0 Å². The minimum absolute atomic E-state index is 0.0592. The Morgan fingerprint density at radius 2 is 1.78 bits per heavy atom. The molecule has 37 heavy (non-hydrogen) atoms. The number of para-hydroxylation sites is 1. The van der Waals surface area contributed by atoms with Gasteiger partial charge in [-0.15, -0.1) is 0 Å². The molecule has 3 aromatic rings. The standard InChI is InChI=1S/C30H32FNO5/c1-3-35-30-24(5-4-6-26(30)34)28-19(2)25-15-22(33)9-12-27(25)37-29(28)21-7-10-23(11-8-21)36-14-13-32-17-20(16-31)18-32/h4-12,15,20,29,33-34H,3,13-14,16-18H2,1-2H3/t29-/m1/s1. The van der Waals surface area contributed by atoms with E-state index in [0.717, 1.165) is 53.2 Å². The van der Waals surface area contributed by atoms with Gasteiger partial charge in [0.25, 0.3) is 0 Å². The molecular weight excluding hydrogens is 473 g/mol. The Kier molecular flexibility index (Phi) is 7.24. The lowest BCUT2D eigenvalue weighted by molar-refractivity contribution is 0.0668. The minimum Gasteiger partial charge on any atom is -0.508 e. The Bertz CT molecular complexity index is 1280. The van der Waals surface area contributed by atoms with Gasteiger partial charge in [-0.1, -0.05) is 24.3 Å². The third-order valence-corrected chi connectivity index (χ3v) is 6.96. The monoisotopic (exact) mass is 505 g/mol. The van der Waals surface area contributed by atoms with Crippen LogP contribution in [0.5, 0.6) is 28.7 Å². The van der Waals surface area contributed by atoms with Crippen molar-refractivity contribution in [3.63, 3.8) is 0 Å². The van der Waals surface area contributed by atoms with Crippen molar-refractivity contribution < 1.29 is 28.8 Å². The molecular formula is C30H32FNO5. The maximum absolute atomic E-state index is 12.6. The molecule has 5 rings (SSSR count). The highest BCUT2D eigenvalue weighted by Gasteiger charge is 2.32. The van der Waals surface area contributed by atoms with E-state index in [-0.39, 0.29) is 24.1 Å². The highest BCUT2D eigenvalue weighted by Crippen LogP contribution is 2.50. The molecule has 0 amide bonds. The molecule has 0 radical (unpaired) electrons. The summed E-state index contributed by atoms with van der Waals surface area (Å²) in [5.74, 6) is 2.21. The number of hydrogen-bond donors (Lipinski definition) is 2. The maximum atomic E-state index is 12.6. The van der Waals surface area contributed by atoms with Crippen molar-refractivity contribution in [2.45, 2.75) is 20.0 Å². The predicted octanol–water partition coefficient (Wildman–Crippen LogP) is 5.84. The Morgan fingerprint density at radius 1 is 1.00 bits per heavy atom. The van der Waals surface area contributed by atoms with Gasteiger partial charge in [-0.05, 0) is 61.4 Å². The fourth-order valence-electron chi connectivity index (χ4n) is 5.04. The highest BCUT2D eigenvalue weighted by molar-refractivity contribution is 5.97. The van der Waals surface area contributed by atoms with Crippen LogP contribution < -0.4 is 14.2 Å². The molecule has 0 spiro atoms. The fraction of sp³-hybridized carbons (Fsp3) is 0.333. The van der Waals surface area contributed by atoms with Crippen LogP contribution in [0.4, 0.5) is 4.39 Å². The number of allylic oxidation sites excluding steroid dienone is 1. The first-order chi connectivity index (χ1) is 18.0. The predicted molar refractivity (Wildman–Crippen MR) is 141 cm³/mol. The summed E-state index contributed by atoms with van der Waals surface area (Å²) < 4.78 is 30.9. The van der Waals surface area contributed by atoms with Gasteiger partial charge in [0.15, 0.2) is 11.5 Å². The van der Waals surface area contributed by atoms with Gasteiger partial charge in [0.05, 0.1) is 13.3 Å². The summed E-state index contributed by atoms with van der Waals surface area (Å²) in [5.41, 5.74) is 4.22. The smallest absolute Gasteiger partial charge is 0.168 e. The summed E-state index contributed by atoms with van der Waals surface area (Å²) in [6, 6.07) is 18.2. The molecule has 2 heterocycles. The Hall–Kier alpha value is -3.71. The molecule has 0 aromatic heterocycles. The van der Waals surface area contributed by atoms with Crippen molar-refractivity contribution in [2.75, 3.05) is 39.5 Å². The van der Waals surface area contributed by atoms with Crippen LogP contribution in [0.2, 0.25) is 0 Å². The van der Waals surface area contributed by atoms with Crippen LogP contribution in [0, 0.1) is 5.92 Å². The Morgan fingerprint density at radius 3 is 2.51 bits per heavy atom. The zero-order valence-electron chi connectivity index (χ0n) is 21.1. The summed E-state index contributed by atoms with van der Waals surface area (Å²) >= 11 is 0. The number of hydrogen-bond acceptors (Lipinski definition) is 6. The molecule has 194 valence electrons. The van der Waals surface area contributed by atoms with E-state index in [1.54, 1.807) is 30.3 Å². The number of likely N-dealkylation sites (tertiary alicyclic amines) is 1. The quantitative estimate of drug-likeness (QED) is 0.381. The average molecular weight is 506 g/mol. The van der Waals surface area contributed by atoms with E-state index in [4.69, 9.17) is 14.2 Å². The number of aromatic hydroxyl groups is 2. The van der Waals surface area contributed by atoms with Gasteiger partial charge < -0.3 is 24.4 Å². The molecule has 7 heteroatoms. The lowest BCUT2D eigenvalue weighted by atomic mass is 9.85. The molecule has 6 nitrogen and oxygen atoms in total. The van der Waals surface area contributed by atoms with Crippen molar-refractivity contribution in [3.8, 4) is 28.7 Å². The zero-order valence-corrected chi connectivity index (χ0v) is 21.1. The number of phenols is 2. The third-order valence-electron chi connectivity index (χ3n) is 6.96. The van der Waals surface area contributed by atoms with Crippen molar-refractivity contribution in [2.24, 2.45) is 5.92 Å².